The minimum atomic E-state index is 0.395. The van der Waals surface area contributed by atoms with E-state index in [9.17, 15) is 0 Å². The zero-order chi connectivity index (χ0) is 13.7. The average molecular weight is 357 g/mol. The molecule has 5 heteroatoms. The molecule has 1 heterocycles. The lowest BCUT2D eigenvalue weighted by Crippen LogP contribution is -2.16. The fraction of sp³-hybridized carbons (Fsp3) is 0.357. The predicted molar refractivity (Wildman–Crippen MR) is 87.9 cm³/mol. The van der Waals surface area contributed by atoms with Gasteiger partial charge in [0.05, 0.1) is 5.75 Å². The van der Waals surface area contributed by atoms with Crippen molar-refractivity contribution in [1.29, 1.82) is 0 Å². The fourth-order valence-electron chi connectivity index (χ4n) is 1.70. The lowest BCUT2D eigenvalue weighted by atomic mass is 10.3. The Hall–Kier alpha value is -0.360. The number of thioether (sulfide) groups is 1. The third kappa shape index (κ3) is 4.60. The Labute approximate surface area is 131 Å². The van der Waals surface area contributed by atoms with Crippen LogP contribution in [0.25, 0.3) is 0 Å². The van der Waals surface area contributed by atoms with Crippen molar-refractivity contribution in [2.24, 2.45) is 0 Å². The number of rotatable bonds is 6. The van der Waals surface area contributed by atoms with Gasteiger partial charge in [0, 0.05) is 26.5 Å². The van der Waals surface area contributed by atoms with Crippen LogP contribution < -0.4 is 5.32 Å². The van der Waals surface area contributed by atoms with Crippen LogP contribution in [-0.4, -0.2) is 11.5 Å². The lowest BCUT2D eigenvalue weighted by Gasteiger charge is -2.08. The third-order valence-corrected chi connectivity index (χ3v) is 5.53. The molecule has 0 bridgehead atoms. The van der Waals surface area contributed by atoms with Crippen molar-refractivity contribution in [3.8, 4) is 0 Å². The standard InChI is InChI=1S/C14H17BrN2S2/c1-3-16-10(2)13-8-17-14(19-13)9-18-12-6-4-5-11(15)7-12/h4-8,10,16H,3,9H2,1-2H3. The van der Waals surface area contributed by atoms with Gasteiger partial charge in [-0.25, -0.2) is 4.98 Å². The third-order valence-electron chi connectivity index (χ3n) is 2.67. The summed E-state index contributed by atoms with van der Waals surface area (Å²) in [6, 6.07) is 8.77. The summed E-state index contributed by atoms with van der Waals surface area (Å²) >= 11 is 7.12. The molecule has 1 unspecified atom stereocenters. The molecule has 1 N–H and O–H groups in total. The van der Waals surface area contributed by atoms with E-state index in [-0.39, 0.29) is 0 Å². The van der Waals surface area contributed by atoms with Crippen LogP contribution in [0.15, 0.2) is 39.8 Å². The maximum absolute atomic E-state index is 4.50. The predicted octanol–water partition coefficient (Wildman–Crippen LogP) is 4.87. The maximum Gasteiger partial charge on any atom is 0.103 e. The Bertz CT molecular complexity index is 528. The van der Waals surface area contributed by atoms with Crippen LogP contribution in [0.5, 0.6) is 0 Å². The van der Waals surface area contributed by atoms with E-state index >= 15 is 0 Å². The highest BCUT2D eigenvalue weighted by atomic mass is 79.9. The topological polar surface area (TPSA) is 24.9 Å². The Balaban J connectivity index is 1.93. The quantitative estimate of drug-likeness (QED) is 0.747. The molecule has 0 amide bonds. The number of nitrogens with zero attached hydrogens (tertiary/aromatic N) is 1. The second kappa shape index (κ2) is 7.43. The molecule has 0 radical (unpaired) electrons. The van der Waals surface area contributed by atoms with Gasteiger partial charge < -0.3 is 5.32 Å². The van der Waals surface area contributed by atoms with E-state index in [1.165, 1.54) is 14.8 Å². The van der Waals surface area contributed by atoms with Crippen LogP contribution in [0, 0.1) is 0 Å². The normalized spacial score (nSPS) is 12.6. The SMILES string of the molecule is CCNC(C)c1cnc(CSc2cccc(Br)c2)s1. The molecule has 1 aromatic carbocycles. The minimum absolute atomic E-state index is 0.395. The number of hydrogen-bond donors (Lipinski definition) is 1. The van der Waals surface area contributed by atoms with Crippen LogP contribution in [0.4, 0.5) is 0 Å². The van der Waals surface area contributed by atoms with Gasteiger partial charge in [0.2, 0.25) is 0 Å². The molecule has 0 aliphatic rings. The molecule has 0 saturated carbocycles. The number of thiazole rings is 1. The highest BCUT2D eigenvalue weighted by molar-refractivity contribution is 9.10. The molecule has 0 spiro atoms. The lowest BCUT2D eigenvalue weighted by molar-refractivity contribution is 0.606. The van der Waals surface area contributed by atoms with Crippen molar-refractivity contribution < 1.29 is 0 Å². The second-order valence-electron chi connectivity index (χ2n) is 4.18. The number of halogens is 1. The maximum atomic E-state index is 4.50. The summed E-state index contributed by atoms with van der Waals surface area (Å²) in [6.45, 7) is 5.30. The van der Waals surface area contributed by atoms with Gasteiger partial charge in [0.15, 0.2) is 0 Å². The van der Waals surface area contributed by atoms with E-state index in [2.05, 4.69) is 58.3 Å². The molecule has 0 aliphatic heterocycles. The van der Waals surface area contributed by atoms with E-state index in [1.54, 1.807) is 11.3 Å². The van der Waals surface area contributed by atoms with Crippen molar-refractivity contribution in [3.05, 3.63) is 44.8 Å². The van der Waals surface area contributed by atoms with Crippen LogP contribution in [0.1, 0.15) is 29.8 Å². The zero-order valence-corrected chi connectivity index (χ0v) is 14.2. The average Bonchev–Trinajstić information content (AvgIpc) is 2.86. The van der Waals surface area contributed by atoms with Gasteiger partial charge in [-0.05, 0) is 31.7 Å². The summed E-state index contributed by atoms with van der Waals surface area (Å²) in [5, 5.41) is 4.60. The summed E-state index contributed by atoms with van der Waals surface area (Å²) in [5.41, 5.74) is 0. The number of nitrogens with one attached hydrogen (secondary N) is 1. The molecule has 1 atom stereocenters. The van der Waals surface area contributed by atoms with Gasteiger partial charge >= 0.3 is 0 Å². The molecule has 1 aromatic heterocycles. The van der Waals surface area contributed by atoms with E-state index in [4.69, 9.17) is 0 Å². The minimum Gasteiger partial charge on any atom is -0.310 e. The summed E-state index contributed by atoms with van der Waals surface area (Å²) < 4.78 is 1.12. The van der Waals surface area contributed by atoms with Gasteiger partial charge in [-0.3, -0.25) is 0 Å². The Morgan fingerprint density at radius 3 is 3.05 bits per heavy atom. The molecular formula is C14H17BrN2S2. The zero-order valence-electron chi connectivity index (χ0n) is 11.0. The summed E-state index contributed by atoms with van der Waals surface area (Å²) in [4.78, 5) is 7.08. The van der Waals surface area contributed by atoms with E-state index in [1.807, 2.05) is 24.0 Å². The van der Waals surface area contributed by atoms with Crippen molar-refractivity contribution in [2.45, 2.75) is 30.5 Å². The Morgan fingerprint density at radius 1 is 1.47 bits per heavy atom. The van der Waals surface area contributed by atoms with E-state index < -0.39 is 0 Å². The molecule has 0 aliphatic carbocycles. The first-order chi connectivity index (χ1) is 9.19. The van der Waals surface area contributed by atoms with Crippen LogP contribution in [-0.2, 0) is 5.75 Å². The highest BCUT2D eigenvalue weighted by Crippen LogP contribution is 2.28. The molecule has 2 rings (SSSR count). The van der Waals surface area contributed by atoms with Crippen LogP contribution in [0.3, 0.4) is 0 Å². The first kappa shape index (κ1) is 15.0. The monoisotopic (exact) mass is 356 g/mol. The van der Waals surface area contributed by atoms with Crippen molar-refractivity contribution >= 4 is 39.0 Å². The van der Waals surface area contributed by atoms with Gasteiger partial charge in [-0.2, -0.15) is 0 Å². The molecule has 2 aromatic rings. The molecule has 2 nitrogen and oxygen atoms in total. The van der Waals surface area contributed by atoms with E-state index in [0.717, 1.165) is 16.8 Å². The van der Waals surface area contributed by atoms with Crippen molar-refractivity contribution in [1.82, 2.24) is 10.3 Å². The molecule has 102 valence electrons. The van der Waals surface area contributed by atoms with Gasteiger partial charge in [0.25, 0.3) is 0 Å². The van der Waals surface area contributed by atoms with Gasteiger partial charge in [0.1, 0.15) is 5.01 Å². The van der Waals surface area contributed by atoms with Gasteiger partial charge in [-0.1, -0.05) is 28.9 Å². The molecule has 0 saturated heterocycles. The molecule has 0 fully saturated rings. The second-order valence-corrected chi connectivity index (χ2v) is 7.29. The summed E-state index contributed by atoms with van der Waals surface area (Å²) in [7, 11) is 0. The smallest absolute Gasteiger partial charge is 0.103 e. The van der Waals surface area contributed by atoms with Gasteiger partial charge in [-0.15, -0.1) is 23.1 Å². The summed E-state index contributed by atoms with van der Waals surface area (Å²) in [5.74, 6) is 0.931. The number of aromatic nitrogens is 1. The van der Waals surface area contributed by atoms with Crippen molar-refractivity contribution in [2.75, 3.05) is 6.54 Å². The first-order valence-corrected chi connectivity index (χ1v) is 8.85. The largest absolute Gasteiger partial charge is 0.310 e. The Kier molecular flexibility index (Phi) is 5.88. The highest BCUT2D eigenvalue weighted by Gasteiger charge is 2.08. The van der Waals surface area contributed by atoms with Crippen molar-refractivity contribution in [3.63, 3.8) is 0 Å². The Morgan fingerprint density at radius 2 is 2.32 bits per heavy atom. The fourth-order valence-corrected chi connectivity index (χ4v) is 4.16. The molecular weight excluding hydrogens is 340 g/mol. The summed E-state index contributed by atoms with van der Waals surface area (Å²) in [6.07, 6.45) is 1.99. The van der Waals surface area contributed by atoms with Crippen LogP contribution >= 0.6 is 39.0 Å². The van der Waals surface area contributed by atoms with E-state index in [0.29, 0.717) is 6.04 Å². The first-order valence-electron chi connectivity index (χ1n) is 6.25. The molecule has 19 heavy (non-hydrogen) atoms. The number of benzene rings is 1. The number of hydrogen-bond acceptors (Lipinski definition) is 4. The van der Waals surface area contributed by atoms with Crippen LogP contribution in [0.2, 0.25) is 0 Å².